The quantitative estimate of drug-likeness (QED) is 0.419. The number of hydrogen-bond acceptors (Lipinski definition) is 0. The molecule has 0 heterocycles. The van der Waals surface area contributed by atoms with Crippen LogP contribution in [-0.4, -0.2) is 11.1 Å². The summed E-state index contributed by atoms with van der Waals surface area (Å²) in [4.78, 5) is 0. The number of halogens is 4. The fraction of sp³-hybridized carbons (Fsp3) is 0.667. The Balaban J connectivity index is 2.73. The first-order chi connectivity index (χ1) is 4.42. The van der Waals surface area contributed by atoms with Crippen LogP contribution in [0.4, 0.5) is 13.2 Å². The SMILES string of the molecule is C=C[C@H]1CC(F)(F)[C@@]1(F)Cl. The largest absolute Gasteiger partial charge is 0.296 e. The minimum Gasteiger partial charge on any atom is -0.219 e. The average molecular weight is 171 g/mol. The molecule has 0 aromatic carbocycles. The summed E-state index contributed by atoms with van der Waals surface area (Å²) in [5.41, 5.74) is 0. The van der Waals surface area contributed by atoms with Crippen LogP contribution in [0.3, 0.4) is 0 Å². The molecule has 0 aromatic rings. The molecule has 0 radical (unpaired) electrons. The van der Waals surface area contributed by atoms with Crippen LogP contribution < -0.4 is 0 Å². The van der Waals surface area contributed by atoms with E-state index in [0.29, 0.717) is 0 Å². The molecule has 10 heavy (non-hydrogen) atoms. The van der Waals surface area contributed by atoms with E-state index in [1.54, 1.807) is 0 Å². The Labute approximate surface area is 61.7 Å². The van der Waals surface area contributed by atoms with E-state index in [4.69, 9.17) is 11.6 Å². The van der Waals surface area contributed by atoms with Crippen molar-refractivity contribution in [1.29, 1.82) is 0 Å². The van der Waals surface area contributed by atoms with Crippen molar-refractivity contribution in [3.05, 3.63) is 12.7 Å². The molecule has 2 atom stereocenters. The summed E-state index contributed by atoms with van der Waals surface area (Å²) >= 11 is 4.87. The first kappa shape index (κ1) is 7.92. The summed E-state index contributed by atoms with van der Waals surface area (Å²) in [6.45, 7) is 3.19. The summed E-state index contributed by atoms with van der Waals surface area (Å²) in [5.74, 6) is -4.29. The Morgan fingerprint density at radius 2 is 2.00 bits per heavy atom. The summed E-state index contributed by atoms with van der Waals surface area (Å²) in [5, 5.41) is -2.89. The number of hydrogen-bond donors (Lipinski definition) is 0. The van der Waals surface area contributed by atoms with Gasteiger partial charge in [0.15, 0.2) is 0 Å². The van der Waals surface area contributed by atoms with Crippen molar-refractivity contribution in [1.82, 2.24) is 0 Å². The van der Waals surface area contributed by atoms with E-state index in [2.05, 4.69) is 6.58 Å². The molecule has 1 rings (SSSR count). The zero-order valence-electron chi connectivity index (χ0n) is 5.08. The molecule has 58 valence electrons. The highest BCUT2D eigenvalue weighted by Gasteiger charge is 2.68. The summed E-state index contributed by atoms with van der Waals surface area (Å²) in [7, 11) is 0. The Hall–Kier alpha value is -0.180. The molecule has 0 aromatic heterocycles. The third-order valence-corrected chi connectivity index (χ3v) is 2.27. The molecule has 1 aliphatic rings. The van der Waals surface area contributed by atoms with Crippen LogP contribution in [0.2, 0.25) is 0 Å². The van der Waals surface area contributed by atoms with E-state index in [0.717, 1.165) is 6.08 Å². The van der Waals surface area contributed by atoms with E-state index in [9.17, 15) is 13.2 Å². The van der Waals surface area contributed by atoms with Gasteiger partial charge in [-0.25, -0.2) is 13.2 Å². The van der Waals surface area contributed by atoms with E-state index in [-0.39, 0.29) is 0 Å². The zero-order valence-corrected chi connectivity index (χ0v) is 5.84. The molecule has 1 fully saturated rings. The van der Waals surface area contributed by atoms with E-state index >= 15 is 0 Å². The predicted molar refractivity (Wildman–Crippen MR) is 32.9 cm³/mol. The number of allylic oxidation sites excluding steroid dienone is 1. The molecule has 0 nitrogen and oxygen atoms in total. The highest BCUT2D eigenvalue weighted by Crippen LogP contribution is 2.57. The third kappa shape index (κ3) is 0.764. The minimum atomic E-state index is -3.38. The van der Waals surface area contributed by atoms with Crippen molar-refractivity contribution in [2.45, 2.75) is 17.5 Å². The van der Waals surface area contributed by atoms with Gasteiger partial charge in [-0.1, -0.05) is 17.7 Å². The molecule has 0 aliphatic heterocycles. The maximum absolute atomic E-state index is 12.6. The average Bonchev–Trinajstić information content (AvgIpc) is 1.83. The van der Waals surface area contributed by atoms with Crippen molar-refractivity contribution >= 4 is 11.6 Å². The molecule has 1 saturated carbocycles. The predicted octanol–water partition coefficient (Wildman–Crippen LogP) is 2.73. The van der Waals surface area contributed by atoms with Gasteiger partial charge in [-0.3, -0.25) is 0 Å². The fourth-order valence-electron chi connectivity index (χ4n) is 0.912. The summed E-state index contributed by atoms with van der Waals surface area (Å²) < 4.78 is 37.0. The molecule has 0 amide bonds. The fourth-order valence-corrected chi connectivity index (χ4v) is 1.16. The van der Waals surface area contributed by atoms with Crippen LogP contribution in [0.15, 0.2) is 12.7 Å². The lowest BCUT2D eigenvalue weighted by Gasteiger charge is -2.43. The molecule has 0 N–H and O–H groups in total. The summed E-state index contributed by atoms with van der Waals surface area (Å²) in [6, 6.07) is 0. The van der Waals surface area contributed by atoms with Gasteiger partial charge in [0, 0.05) is 12.3 Å². The van der Waals surface area contributed by atoms with Gasteiger partial charge in [0.05, 0.1) is 0 Å². The van der Waals surface area contributed by atoms with Crippen molar-refractivity contribution < 1.29 is 13.2 Å². The van der Waals surface area contributed by atoms with Gasteiger partial charge in [0.2, 0.25) is 0 Å². The Morgan fingerprint density at radius 1 is 1.50 bits per heavy atom. The van der Waals surface area contributed by atoms with Crippen LogP contribution >= 0.6 is 11.6 Å². The maximum atomic E-state index is 12.6. The van der Waals surface area contributed by atoms with Crippen LogP contribution in [0, 0.1) is 5.92 Å². The first-order valence-electron chi connectivity index (χ1n) is 2.80. The lowest BCUT2D eigenvalue weighted by molar-refractivity contribution is -0.193. The van der Waals surface area contributed by atoms with E-state index < -0.39 is 23.4 Å². The van der Waals surface area contributed by atoms with Crippen molar-refractivity contribution in [2.24, 2.45) is 5.92 Å². The molecule has 0 unspecified atom stereocenters. The van der Waals surface area contributed by atoms with Crippen molar-refractivity contribution in [2.75, 3.05) is 0 Å². The first-order valence-corrected chi connectivity index (χ1v) is 3.18. The normalized spacial score (nSPS) is 44.2. The standard InChI is InChI=1S/C6H6ClF3/c1-2-4-3-5(8,9)6(4,7)10/h2,4H,1,3H2/t4-,6+/m0/s1. The molecule has 0 spiro atoms. The van der Waals surface area contributed by atoms with E-state index in [1.165, 1.54) is 0 Å². The molecular weight excluding hydrogens is 165 g/mol. The second kappa shape index (κ2) is 1.91. The summed E-state index contributed by atoms with van der Waals surface area (Å²) in [6.07, 6.45) is 0.584. The Bertz CT molecular complexity index is 164. The van der Waals surface area contributed by atoms with E-state index in [1.807, 2.05) is 0 Å². The van der Waals surface area contributed by atoms with Gasteiger partial charge in [-0.2, -0.15) is 0 Å². The Morgan fingerprint density at radius 3 is 2.10 bits per heavy atom. The highest BCUT2D eigenvalue weighted by molar-refractivity contribution is 6.24. The highest BCUT2D eigenvalue weighted by atomic mass is 35.5. The van der Waals surface area contributed by atoms with Gasteiger partial charge in [-0.05, 0) is 0 Å². The van der Waals surface area contributed by atoms with Gasteiger partial charge in [0.1, 0.15) is 0 Å². The second-order valence-corrected chi connectivity index (χ2v) is 2.92. The van der Waals surface area contributed by atoms with Crippen LogP contribution in [0.5, 0.6) is 0 Å². The van der Waals surface area contributed by atoms with Crippen molar-refractivity contribution in [3.8, 4) is 0 Å². The van der Waals surface area contributed by atoms with Gasteiger partial charge in [-0.15, -0.1) is 6.58 Å². The lowest BCUT2D eigenvalue weighted by Crippen LogP contribution is -2.56. The molecular formula is C6H6ClF3. The van der Waals surface area contributed by atoms with Crippen LogP contribution in [0.25, 0.3) is 0 Å². The monoisotopic (exact) mass is 170 g/mol. The van der Waals surface area contributed by atoms with Gasteiger partial charge < -0.3 is 0 Å². The maximum Gasteiger partial charge on any atom is 0.296 e. The molecule has 4 heteroatoms. The molecule has 1 aliphatic carbocycles. The molecule has 0 bridgehead atoms. The smallest absolute Gasteiger partial charge is 0.219 e. The topological polar surface area (TPSA) is 0 Å². The lowest BCUT2D eigenvalue weighted by atomic mass is 9.78. The van der Waals surface area contributed by atoms with Gasteiger partial charge in [0.25, 0.3) is 11.1 Å². The third-order valence-electron chi connectivity index (χ3n) is 1.71. The number of alkyl halides is 4. The van der Waals surface area contributed by atoms with Gasteiger partial charge >= 0.3 is 0 Å². The molecule has 0 saturated heterocycles. The Kier molecular flexibility index (Phi) is 1.51. The number of rotatable bonds is 1. The second-order valence-electron chi connectivity index (χ2n) is 2.37. The minimum absolute atomic E-state index is 0.531. The van der Waals surface area contributed by atoms with Crippen molar-refractivity contribution in [3.63, 3.8) is 0 Å². The zero-order chi connectivity index (χ0) is 7.99. The van der Waals surface area contributed by atoms with Crippen LogP contribution in [-0.2, 0) is 0 Å². The van der Waals surface area contributed by atoms with Crippen LogP contribution in [0.1, 0.15) is 6.42 Å².